The number of aromatic hydroxyl groups is 1. The van der Waals surface area contributed by atoms with Crippen molar-refractivity contribution in [3.05, 3.63) is 53.7 Å². The van der Waals surface area contributed by atoms with Gasteiger partial charge < -0.3 is 25.4 Å². The molecule has 11 heteroatoms. The Bertz CT molecular complexity index is 1350. The number of carbonyl (C=O) groups is 1. The number of hydrogen-bond donors (Lipinski definition) is 4. The molecule has 4 aromatic rings. The number of fused-ring (bicyclic) bond motifs is 1. The Morgan fingerprint density at radius 2 is 2.24 bits per heavy atom. The summed E-state index contributed by atoms with van der Waals surface area (Å²) >= 11 is 6.24. The van der Waals surface area contributed by atoms with Crippen molar-refractivity contribution < 1.29 is 19.4 Å². The molecule has 176 valence electrons. The summed E-state index contributed by atoms with van der Waals surface area (Å²) in [6.07, 6.45) is 6.39. The van der Waals surface area contributed by atoms with E-state index in [9.17, 15) is 19.4 Å². The molecule has 0 bridgehead atoms. The molecule has 1 atom stereocenters. The number of anilines is 2. The van der Waals surface area contributed by atoms with Crippen LogP contribution in [0.1, 0.15) is 12.8 Å². The van der Waals surface area contributed by atoms with Gasteiger partial charge in [-0.15, -0.1) is 0 Å². The maximum Gasteiger partial charge on any atom is 0.244 e. The van der Waals surface area contributed by atoms with Crippen LogP contribution in [0.2, 0.25) is 5.02 Å². The van der Waals surface area contributed by atoms with E-state index in [2.05, 4.69) is 20.4 Å². The average Bonchev–Trinajstić information content (AvgIpc) is 3.54. The van der Waals surface area contributed by atoms with Gasteiger partial charge in [0.2, 0.25) is 5.91 Å². The van der Waals surface area contributed by atoms with Crippen molar-refractivity contribution in [1.29, 1.82) is 0 Å². The lowest BCUT2D eigenvalue weighted by Crippen LogP contribution is -2.39. The number of aromatic amines is 1. The zero-order valence-corrected chi connectivity index (χ0v) is 18.8. The van der Waals surface area contributed by atoms with Gasteiger partial charge in [0, 0.05) is 18.9 Å². The first-order valence-electron chi connectivity index (χ1n) is 10.8. The van der Waals surface area contributed by atoms with Crippen LogP contribution in [-0.2, 0) is 11.3 Å². The minimum atomic E-state index is -0.514. The fourth-order valence-corrected chi connectivity index (χ4v) is 4.61. The Hall–Kier alpha value is -3.63. The minimum absolute atomic E-state index is 0.0371. The number of nitrogens with zero attached hydrogens (tertiary/aromatic N) is 4. The number of amides is 1. The van der Waals surface area contributed by atoms with Crippen LogP contribution in [0.15, 0.2) is 42.9 Å². The zero-order valence-electron chi connectivity index (χ0n) is 18.0. The number of aliphatic hydroxyl groups excluding tert-OH is 1. The highest BCUT2D eigenvalue weighted by molar-refractivity contribution is 6.33. The summed E-state index contributed by atoms with van der Waals surface area (Å²) in [7, 11) is 0. The van der Waals surface area contributed by atoms with Gasteiger partial charge >= 0.3 is 0 Å². The molecule has 1 aliphatic heterocycles. The van der Waals surface area contributed by atoms with E-state index in [1.54, 1.807) is 29.4 Å². The molecule has 4 heterocycles. The van der Waals surface area contributed by atoms with E-state index in [4.69, 9.17) is 11.6 Å². The second-order valence-corrected chi connectivity index (χ2v) is 8.57. The van der Waals surface area contributed by atoms with E-state index in [0.717, 1.165) is 12.8 Å². The van der Waals surface area contributed by atoms with Crippen molar-refractivity contribution in [2.75, 3.05) is 18.5 Å². The summed E-state index contributed by atoms with van der Waals surface area (Å²) in [5, 5.41) is 27.8. The number of rotatable bonds is 6. The van der Waals surface area contributed by atoms with Crippen molar-refractivity contribution in [3.63, 3.8) is 0 Å². The van der Waals surface area contributed by atoms with E-state index >= 15 is 0 Å². The molecule has 5 rings (SSSR count). The number of aromatic nitrogens is 4. The van der Waals surface area contributed by atoms with Crippen LogP contribution < -0.4 is 5.32 Å². The molecule has 1 fully saturated rings. The SMILES string of the molecule is O=C(Cn1cc(Nc2cc(-c3c(F)cccc3Cl)nc3c[nH]c(O)c23)cn1)N1CCCC1CO. The molecule has 1 aliphatic rings. The third kappa shape index (κ3) is 4.06. The summed E-state index contributed by atoms with van der Waals surface area (Å²) in [6.45, 7) is 0.610. The molecule has 0 spiro atoms. The highest BCUT2D eigenvalue weighted by Crippen LogP contribution is 2.37. The molecule has 0 aliphatic carbocycles. The van der Waals surface area contributed by atoms with Gasteiger partial charge in [-0.1, -0.05) is 17.7 Å². The predicted molar refractivity (Wildman–Crippen MR) is 125 cm³/mol. The number of hydrogen-bond acceptors (Lipinski definition) is 6. The van der Waals surface area contributed by atoms with Gasteiger partial charge in [0.1, 0.15) is 12.4 Å². The highest BCUT2D eigenvalue weighted by Gasteiger charge is 2.28. The molecule has 1 amide bonds. The minimum Gasteiger partial charge on any atom is -0.494 e. The van der Waals surface area contributed by atoms with Gasteiger partial charge in [0.15, 0.2) is 5.88 Å². The molecule has 1 saturated heterocycles. The summed E-state index contributed by atoms with van der Waals surface area (Å²) < 4.78 is 16.0. The molecule has 3 aromatic heterocycles. The number of nitrogens with one attached hydrogen (secondary N) is 2. The lowest BCUT2D eigenvalue weighted by Gasteiger charge is -2.22. The number of carbonyl (C=O) groups excluding carboxylic acids is 1. The smallest absolute Gasteiger partial charge is 0.244 e. The molecule has 1 unspecified atom stereocenters. The molecule has 9 nitrogen and oxygen atoms in total. The van der Waals surface area contributed by atoms with Crippen LogP contribution in [0.25, 0.3) is 22.2 Å². The Morgan fingerprint density at radius 3 is 3.03 bits per heavy atom. The summed E-state index contributed by atoms with van der Waals surface area (Å²) in [4.78, 5) is 21.5. The first-order chi connectivity index (χ1) is 16.4. The third-order valence-electron chi connectivity index (χ3n) is 5.97. The number of pyridine rings is 1. The second-order valence-electron chi connectivity index (χ2n) is 8.17. The normalized spacial score (nSPS) is 15.9. The summed E-state index contributed by atoms with van der Waals surface area (Å²) in [6, 6.07) is 5.85. The molecule has 4 N–H and O–H groups in total. The first-order valence-corrected chi connectivity index (χ1v) is 11.2. The van der Waals surface area contributed by atoms with Crippen LogP contribution in [0.4, 0.5) is 15.8 Å². The predicted octanol–water partition coefficient (Wildman–Crippen LogP) is 3.65. The molecule has 34 heavy (non-hydrogen) atoms. The fourth-order valence-electron chi connectivity index (χ4n) is 4.35. The highest BCUT2D eigenvalue weighted by atomic mass is 35.5. The zero-order chi connectivity index (χ0) is 23.8. The standard InChI is InChI=1S/C23H22ClFN6O3/c24-15-4-1-5-16(25)21(15)17-7-18(22-19(29-17)9-26-23(22)34)28-13-8-27-30(10-13)11-20(33)31-6-2-3-14(31)12-32/h1,4-5,7-10,14,26,28,32,34H,2-3,6,11-12H2. The summed E-state index contributed by atoms with van der Waals surface area (Å²) in [5.74, 6) is -0.723. The molecule has 0 saturated carbocycles. The second kappa shape index (κ2) is 8.96. The van der Waals surface area contributed by atoms with Crippen LogP contribution in [0.3, 0.4) is 0 Å². The fraction of sp³-hybridized carbons (Fsp3) is 0.261. The van der Waals surface area contributed by atoms with Crippen molar-refractivity contribution in [2.24, 2.45) is 0 Å². The number of likely N-dealkylation sites (tertiary alicyclic amines) is 1. The van der Waals surface area contributed by atoms with Gasteiger partial charge in [-0.05, 0) is 31.0 Å². The maximum atomic E-state index is 14.5. The van der Waals surface area contributed by atoms with Crippen LogP contribution in [-0.4, -0.2) is 60.0 Å². The number of H-pyrrole nitrogens is 1. The third-order valence-corrected chi connectivity index (χ3v) is 6.28. The van der Waals surface area contributed by atoms with Gasteiger partial charge in [0.05, 0.1) is 57.4 Å². The maximum absolute atomic E-state index is 14.5. The summed E-state index contributed by atoms with van der Waals surface area (Å²) in [5.41, 5.74) is 1.89. The Balaban J connectivity index is 1.44. The molecule has 1 aromatic carbocycles. The quantitative estimate of drug-likeness (QED) is 0.331. The topological polar surface area (TPSA) is 119 Å². The lowest BCUT2D eigenvalue weighted by atomic mass is 10.1. The Kier molecular flexibility index (Phi) is 5.84. The van der Waals surface area contributed by atoms with Crippen LogP contribution >= 0.6 is 11.6 Å². The molecular formula is C23H22ClFN6O3. The van der Waals surface area contributed by atoms with E-state index in [-0.39, 0.29) is 41.6 Å². The van der Waals surface area contributed by atoms with E-state index in [1.165, 1.54) is 23.0 Å². The number of benzene rings is 1. The average molecular weight is 485 g/mol. The molecular weight excluding hydrogens is 463 g/mol. The Labute approximate surface area is 198 Å². The lowest BCUT2D eigenvalue weighted by molar-refractivity contribution is -0.133. The van der Waals surface area contributed by atoms with Crippen molar-refractivity contribution in [1.82, 2.24) is 24.6 Å². The van der Waals surface area contributed by atoms with Gasteiger partial charge in [0.25, 0.3) is 0 Å². The Morgan fingerprint density at radius 1 is 1.38 bits per heavy atom. The van der Waals surface area contributed by atoms with E-state index in [1.807, 2.05) is 0 Å². The van der Waals surface area contributed by atoms with Crippen LogP contribution in [0.5, 0.6) is 5.88 Å². The van der Waals surface area contributed by atoms with Gasteiger partial charge in [-0.25, -0.2) is 9.37 Å². The number of aliphatic hydroxyl groups is 1. The van der Waals surface area contributed by atoms with Gasteiger partial charge in [-0.3, -0.25) is 9.48 Å². The van der Waals surface area contributed by atoms with Gasteiger partial charge in [-0.2, -0.15) is 5.10 Å². The van der Waals surface area contributed by atoms with Crippen molar-refractivity contribution in [2.45, 2.75) is 25.4 Å². The van der Waals surface area contributed by atoms with Crippen molar-refractivity contribution in [3.8, 4) is 17.1 Å². The molecule has 0 radical (unpaired) electrons. The van der Waals surface area contributed by atoms with Crippen LogP contribution in [0, 0.1) is 5.82 Å². The van der Waals surface area contributed by atoms with Crippen molar-refractivity contribution >= 4 is 39.8 Å². The van der Waals surface area contributed by atoms with E-state index < -0.39 is 5.82 Å². The number of halogens is 2. The first kappa shape index (κ1) is 22.2. The van der Waals surface area contributed by atoms with E-state index in [0.29, 0.717) is 34.5 Å². The largest absolute Gasteiger partial charge is 0.494 e. The monoisotopic (exact) mass is 484 g/mol.